The monoisotopic (exact) mass is 265 g/mol. The van der Waals surface area contributed by atoms with Crippen LogP contribution in [0.3, 0.4) is 0 Å². The van der Waals surface area contributed by atoms with Crippen LogP contribution in [0.4, 0.5) is 0 Å². The van der Waals surface area contributed by atoms with Crippen LogP contribution >= 0.6 is 0 Å². The summed E-state index contributed by atoms with van der Waals surface area (Å²) in [6.45, 7) is 6.58. The fourth-order valence-electron chi connectivity index (χ4n) is 1.38. The largest absolute Gasteiger partial charge is 0.480 e. The van der Waals surface area contributed by atoms with E-state index in [0.717, 1.165) is 6.92 Å². The molecular weight excluding hydrogens is 246 g/mol. The highest BCUT2D eigenvalue weighted by Crippen LogP contribution is 2.12. The fourth-order valence-corrected chi connectivity index (χ4v) is 2.70. The number of sulfone groups is 1. The van der Waals surface area contributed by atoms with Gasteiger partial charge in [0.2, 0.25) is 5.91 Å². The molecule has 17 heavy (non-hydrogen) atoms. The zero-order valence-electron chi connectivity index (χ0n) is 10.5. The molecule has 0 aromatic heterocycles. The molecule has 0 aromatic rings. The van der Waals surface area contributed by atoms with Gasteiger partial charge >= 0.3 is 5.97 Å². The first-order valence-corrected chi connectivity index (χ1v) is 7.05. The summed E-state index contributed by atoms with van der Waals surface area (Å²) in [5.41, 5.74) is 0. The number of rotatable bonds is 6. The lowest BCUT2D eigenvalue weighted by molar-refractivity contribution is -0.136. The van der Waals surface area contributed by atoms with Crippen LogP contribution in [0.15, 0.2) is 0 Å². The van der Waals surface area contributed by atoms with E-state index < -0.39 is 32.2 Å². The van der Waals surface area contributed by atoms with E-state index in [-0.39, 0.29) is 0 Å². The molecule has 0 radical (unpaired) electrons. The minimum Gasteiger partial charge on any atom is -0.480 e. The van der Waals surface area contributed by atoms with E-state index in [0.29, 0.717) is 13.1 Å². The van der Waals surface area contributed by atoms with E-state index in [1.165, 1.54) is 11.8 Å². The number of carbonyl (C=O) groups is 2. The van der Waals surface area contributed by atoms with Gasteiger partial charge in [-0.05, 0) is 27.7 Å². The van der Waals surface area contributed by atoms with Gasteiger partial charge in [0.15, 0.2) is 15.1 Å². The number of nitrogens with zero attached hydrogens (tertiary/aromatic N) is 1. The van der Waals surface area contributed by atoms with Crippen molar-refractivity contribution in [2.24, 2.45) is 0 Å². The second-order valence-corrected chi connectivity index (χ2v) is 6.31. The number of carboxylic acid groups (broad SMARTS) is 1. The summed E-state index contributed by atoms with van der Waals surface area (Å²) in [5.74, 6) is -1.99. The number of carboxylic acids is 1. The minimum absolute atomic E-state index is 0.399. The summed E-state index contributed by atoms with van der Waals surface area (Å²) in [4.78, 5) is 23.9. The number of hydrogen-bond donors (Lipinski definition) is 1. The van der Waals surface area contributed by atoms with E-state index in [2.05, 4.69) is 0 Å². The van der Waals surface area contributed by atoms with Crippen LogP contribution in [0.25, 0.3) is 0 Å². The van der Waals surface area contributed by atoms with E-state index in [4.69, 9.17) is 5.11 Å². The molecule has 0 heterocycles. The van der Waals surface area contributed by atoms with E-state index in [1.807, 2.05) is 0 Å². The van der Waals surface area contributed by atoms with Gasteiger partial charge < -0.3 is 10.0 Å². The molecule has 0 aliphatic carbocycles. The van der Waals surface area contributed by atoms with Crippen molar-refractivity contribution in [1.82, 2.24) is 4.90 Å². The second-order valence-electron chi connectivity index (χ2n) is 3.72. The SMILES string of the molecule is CCN(CC)C(=O)C(C)S(=O)(=O)C(C)C(=O)O. The molecule has 0 aliphatic heterocycles. The smallest absolute Gasteiger partial charge is 0.321 e. The Morgan fingerprint density at radius 3 is 1.82 bits per heavy atom. The molecule has 0 bridgehead atoms. The molecule has 1 N–H and O–H groups in total. The molecule has 0 aliphatic rings. The Morgan fingerprint density at radius 2 is 1.53 bits per heavy atom. The van der Waals surface area contributed by atoms with Crippen molar-refractivity contribution >= 4 is 21.7 Å². The van der Waals surface area contributed by atoms with Gasteiger partial charge in [-0.25, -0.2) is 8.42 Å². The highest BCUT2D eigenvalue weighted by Gasteiger charge is 2.38. The van der Waals surface area contributed by atoms with Crippen LogP contribution in [0.2, 0.25) is 0 Å². The minimum atomic E-state index is -3.99. The Kier molecular flexibility index (Phi) is 5.60. The highest BCUT2D eigenvalue weighted by atomic mass is 32.2. The van der Waals surface area contributed by atoms with Crippen LogP contribution in [-0.4, -0.2) is 53.9 Å². The molecule has 0 aromatic carbocycles. The van der Waals surface area contributed by atoms with E-state index in [9.17, 15) is 18.0 Å². The van der Waals surface area contributed by atoms with Gasteiger partial charge in [-0.15, -0.1) is 0 Å². The number of aliphatic carboxylic acids is 1. The van der Waals surface area contributed by atoms with Crippen molar-refractivity contribution in [2.75, 3.05) is 13.1 Å². The van der Waals surface area contributed by atoms with E-state index in [1.54, 1.807) is 13.8 Å². The average Bonchev–Trinajstić information content (AvgIpc) is 2.28. The van der Waals surface area contributed by atoms with Crippen LogP contribution in [0, 0.1) is 0 Å². The lowest BCUT2D eigenvalue weighted by Crippen LogP contribution is -2.45. The lowest BCUT2D eigenvalue weighted by Gasteiger charge is -2.23. The molecule has 100 valence electrons. The zero-order valence-corrected chi connectivity index (χ0v) is 11.3. The third-order valence-corrected chi connectivity index (χ3v) is 5.13. The van der Waals surface area contributed by atoms with E-state index >= 15 is 0 Å². The van der Waals surface area contributed by atoms with Gasteiger partial charge in [0.05, 0.1) is 0 Å². The molecule has 6 nitrogen and oxygen atoms in total. The molecule has 0 rings (SSSR count). The maximum absolute atomic E-state index is 11.8. The van der Waals surface area contributed by atoms with Crippen molar-refractivity contribution < 1.29 is 23.1 Å². The predicted molar refractivity (Wildman–Crippen MR) is 63.4 cm³/mol. The van der Waals surface area contributed by atoms with Gasteiger partial charge in [0.1, 0.15) is 5.25 Å². The highest BCUT2D eigenvalue weighted by molar-refractivity contribution is 7.94. The van der Waals surface area contributed by atoms with Crippen LogP contribution < -0.4 is 0 Å². The summed E-state index contributed by atoms with van der Waals surface area (Å²) in [6.07, 6.45) is 0. The Balaban J connectivity index is 5.11. The van der Waals surface area contributed by atoms with Crippen LogP contribution in [-0.2, 0) is 19.4 Å². The van der Waals surface area contributed by atoms with Crippen LogP contribution in [0.1, 0.15) is 27.7 Å². The first-order valence-electron chi connectivity index (χ1n) is 5.44. The van der Waals surface area contributed by atoms with Gasteiger partial charge in [0.25, 0.3) is 0 Å². The standard InChI is InChI=1S/C10H19NO5S/c1-5-11(6-2)9(12)7(3)17(15,16)8(4)10(13)14/h7-8H,5-6H2,1-4H3,(H,13,14). The second kappa shape index (κ2) is 6.00. The Morgan fingerprint density at radius 1 is 1.12 bits per heavy atom. The molecule has 2 atom stereocenters. The number of carbonyl (C=O) groups excluding carboxylic acids is 1. The third kappa shape index (κ3) is 3.42. The van der Waals surface area contributed by atoms with Gasteiger partial charge in [-0.3, -0.25) is 9.59 Å². The topological polar surface area (TPSA) is 91.8 Å². The van der Waals surface area contributed by atoms with Gasteiger partial charge in [-0.2, -0.15) is 0 Å². The molecule has 2 unspecified atom stereocenters. The summed E-state index contributed by atoms with van der Waals surface area (Å²) in [5, 5.41) is 5.80. The lowest BCUT2D eigenvalue weighted by atomic mass is 10.4. The average molecular weight is 265 g/mol. The first-order chi connectivity index (χ1) is 7.69. The summed E-state index contributed by atoms with van der Waals surface area (Å²) < 4.78 is 23.6. The van der Waals surface area contributed by atoms with Crippen molar-refractivity contribution in [3.63, 3.8) is 0 Å². The Bertz CT molecular complexity index is 386. The van der Waals surface area contributed by atoms with Crippen molar-refractivity contribution in [1.29, 1.82) is 0 Å². The van der Waals surface area contributed by atoms with Gasteiger partial charge in [0, 0.05) is 13.1 Å². The predicted octanol–water partition coefficient (Wildman–Crippen LogP) is 0.131. The molecule has 0 spiro atoms. The van der Waals surface area contributed by atoms with Gasteiger partial charge in [-0.1, -0.05) is 0 Å². The molecule has 0 saturated heterocycles. The number of amides is 1. The zero-order chi connectivity index (χ0) is 13.8. The van der Waals surface area contributed by atoms with Crippen LogP contribution in [0.5, 0.6) is 0 Å². The maximum atomic E-state index is 11.8. The summed E-state index contributed by atoms with van der Waals surface area (Å²) in [6, 6.07) is 0. The van der Waals surface area contributed by atoms with Crippen molar-refractivity contribution in [2.45, 2.75) is 38.2 Å². The molecule has 1 amide bonds. The van der Waals surface area contributed by atoms with Crippen molar-refractivity contribution in [3.05, 3.63) is 0 Å². The fraction of sp³-hybridized carbons (Fsp3) is 0.800. The molecule has 0 fully saturated rings. The molecule has 0 saturated carbocycles. The molecular formula is C10H19NO5S. The maximum Gasteiger partial charge on any atom is 0.321 e. The first kappa shape index (κ1) is 15.9. The third-order valence-electron chi connectivity index (χ3n) is 2.76. The summed E-state index contributed by atoms with van der Waals surface area (Å²) >= 11 is 0. The molecule has 7 heteroatoms. The Hall–Kier alpha value is -1.11. The quantitative estimate of drug-likeness (QED) is 0.737. The summed E-state index contributed by atoms with van der Waals surface area (Å²) in [7, 11) is -3.99. The normalized spacial score (nSPS) is 15.1. The Labute approximate surface area is 102 Å². The van der Waals surface area contributed by atoms with Crippen molar-refractivity contribution in [3.8, 4) is 0 Å². The number of hydrogen-bond acceptors (Lipinski definition) is 4.